The second-order valence-electron chi connectivity index (χ2n) is 5.21. The Kier molecular flexibility index (Phi) is 5.58. The van der Waals surface area contributed by atoms with E-state index in [0.717, 1.165) is 11.3 Å². The van der Waals surface area contributed by atoms with E-state index in [4.69, 9.17) is 16.3 Å². The first kappa shape index (κ1) is 16.9. The Morgan fingerprint density at radius 1 is 1.12 bits per heavy atom. The molecule has 0 aliphatic heterocycles. The van der Waals surface area contributed by atoms with Gasteiger partial charge < -0.3 is 10.1 Å². The summed E-state index contributed by atoms with van der Waals surface area (Å²) in [6.45, 7) is 0.505. The van der Waals surface area contributed by atoms with Crippen LogP contribution >= 0.6 is 11.6 Å². The van der Waals surface area contributed by atoms with Crippen molar-refractivity contribution < 1.29 is 9.53 Å². The SMILES string of the molecule is O=C(Cn1nnc(COc2ccccc2)n1)NCc1ccccc1Cl. The predicted octanol–water partition coefficient (Wildman–Crippen LogP) is 2.22. The van der Waals surface area contributed by atoms with E-state index in [9.17, 15) is 4.79 Å². The minimum Gasteiger partial charge on any atom is -0.485 e. The van der Waals surface area contributed by atoms with Crippen LogP contribution in [0, 0.1) is 0 Å². The van der Waals surface area contributed by atoms with Crippen LogP contribution < -0.4 is 10.1 Å². The maximum atomic E-state index is 12.0. The molecule has 8 heteroatoms. The van der Waals surface area contributed by atoms with Gasteiger partial charge in [-0.3, -0.25) is 4.79 Å². The van der Waals surface area contributed by atoms with Crippen LogP contribution in [0.4, 0.5) is 0 Å². The predicted molar refractivity (Wildman–Crippen MR) is 91.9 cm³/mol. The third-order valence-electron chi connectivity index (χ3n) is 3.32. The first-order chi connectivity index (χ1) is 12.2. The van der Waals surface area contributed by atoms with Gasteiger partial charge in [-0.25, -0.2) is 0 Å². The molecule has 0 bridgehead atoms. The van der Waals surface area contributed by atoms with Crippen molar-refractivity contribution in [2.24, 2.45) is 0 Å². The number of carbonyl (C=O) groups excluding carboxylic acids is 1. The Labute approximate surface area is 149 Å². The molecule has 0 saturated carbocycles. The highest BCUT2D eigenvalue weighted by molar-refractivity contribution is 6.31. The van der Waals surface area contributed by atoms with Gasteiger partial charge in [0.2, 0.25) is 11.7 Å². The van der Waals surface area contributed by atoms with E-state index < -0.39 is 0 Å². The first-order valence-corrected chi connectivity index (χ1v) is 8.03. The minimum atomic E-state index is -0.229. The average molecular weight is 358 g/mol. The molecular weight excluding hydrogens is 342 g/mol. The van der Waals surface area contributed by atoms with Gasteiger partial charge in [-0.2, -0.15) is 4.80 Å². The van der Waals surface area contributed by atoms with Gasteiger partial charge in [-0.15, -0.1) is 10.2 Å². The fraction of sp³-hybridized carbons (Fsp3) is 0.176. The Hall–Kier alpha value is -2.93. The minimum absolute atomic E-state index is 0.0250. The smallest absolute Gasteiger partial charge is 0.243 e. The first-order valence-electron chi connectivity index (χ1n) is 7.65. The van der Waals surface area contributed by atoms with Gasteiger partial charge in [-0.1, -0.05) is 48.0 Å². The molecule has 128 valence electrons. The monoisotopic (exact) mass is 357 g/mol. The zero-order valence-corrected chi connectivity index (χ0v) is 14.1. The zero-order valence-electron chi connectivity index (χ0n) is 13.3. The molecule has 3 aromatic rings. The fourth-order valence-electron chi connectivity index (χ4n) is 2.09. The number of hydrogen-bond donors (Lipinski definition) is 1. The van der Waals surface area contributed by atoms with E-state index >= 15 is 0 Å². The van der Waals surface area contributed by atoms with Gasteiger partial charge >= 0.3 is 0 Å². The summed E-state index contributed by atoms with van der Waals surface area (Å²) in [5.41, 5.74) is 0.848. The molecular formula is C17H16ClN5O2. The molecule has 25 heavy (non-hydrogen) atoms. The van der Waals surface area contributed by atoms with E-state index in [0.29, 0.717) is 17.4 Å². The fourth-order valence-corrected chi connectivity index (χ4v) is 2.29. The second-order valence-corrected chi connectivity index (χ2v) is 5.61. The summed E-state index contributed by atoms with van der Waals surface area (Å²) in [6.07, 6.45) is 0. The molecule has 7 nitrogen and oxygen atoms in total. The molecule has 1 heterocycles. The lowest BCUT2D eigenvalue weighted by Gasteiger charge is -2.06. The van der Waals surface area contributed by atoms with Crippen LogP contribution in [-0.4, -0.2) is 26.1 Å². The number of nitrogens with zero attached hydrogens (tertiary/aromatic N) is 4. The van der Waals surface area contributed by atoms with E-state index in [1.165, 1.54) is 4.80 Å². The summed E-state index contributed by atoms with van der Waals surface area (Å²) < 4.78 is 5.54. The number of hydrogen-bond acceptors (Lipinski definition) is 5. The van der Waals surface area contributed by atoms with Crippen LogP contribution in [-0.2, 0) is 24.5 Å². The number of nitrogens with one attached hydrogen (secondary N) is 1. The molecule has 0 radical (unpaired) electrons. The van der Waals surface area contributed by atoms with Gasteiger partial charge in [0.05, 0.1) is 0 Å². The highest BCUT2D eigenvalue weighted by Crippen LogP contribution is 2.14. The molecule has 0 aliphatic rings. The second kappa shape index (κ2) is 8.25. The number of aromatic nitrogens is 4. The summed E-state index contributed by atoms with van der Waals surface area (Å²) in [6, 6.07) is 16.7. The van der Waals surface area contributed by atoms with Gasteiger partial charge in [0.1, 0.15) is 12.3 Å². The third kappa shape index (κ3) is 5.02. The summed E-state index contributed by atoms with van der Waals surface area (Å²) in [7, 11) is 0. The molecule has 1 aromatic heterocycles. The Bertz CT molecular complexity index is 838. The lowest BCUT2D eigenvalue weighted by atomic mass is 10.2. The Balaban J connectivity index is 1.47. The third-order valence-corrected chi connectivity index (χ3v) is 3.69. The van der Waals surface area contributed by atoms with Crippen molar-refractivity contribution in [3.63, 3.8) is 0 Å². The largest absolute Gasteiger partial charge is 0.485 e. The van der Waals surface area contributed by atoms with Crippen LogP contribution in [0.15, 0.2) is 54.6 Å². The molecule has 2 aromatic carbocycles. The van der Waals surface area contributed by atoms with Crippen molar-refractivity contribution in [1.82, 2.24) is 25.5 Å². The van der Waals surface area contributed by atoms with E-state index in [2.05, 4.69) is 20.7 Å². The number of amides is 1. The molecule has 0 saturated heterocycles. The van der Waals surface area contributed by atoms with Crippen molar-refractivity contribution in [2.45, 2.75) is 19.7 Å². The van der Waals surface area contributed by atoms with Crippen LogP contribution in [0.1, 0.15) is 11.4 Å². The molecule has 0 atom stereocenters. The number of tetrazole rings is 1. The molecule has 0 spiro atoms. The van der Waals surface area contributed by atoms with E-state index in [1.54, 1.807) is 6.07 Å². The van der Waals surface area contributed by atoms with E-state index in [1.807, 2.05) is 48.5 Å². The van der Waals surface area contributed by atoms with Crippen LogP contribution in [0.5, 0.6) is 5.75 Å². The van der Waals surface area contributed by atoms with Gasteiger partial charge in [0.25, 0.3) is 0 Å². The normalized spacial score (nSPS) is 10.4. The quantitative estimate of drug-likeness (QED) is 0.701. The molecule has 1 amide bonds. The molecule has 0 fully saturated rings. The standard InChI is InChI=1S/C17H16ClN5O2/c18-15-9-5-4-6-13(15)10-19-17(24)11-23-21-16(20-22-23)12-25-14-7-2-1-3-8-14/h1-9H,10-12H2,(H,19,24). The Morgan fingerprint density at radius 3 is 2.68 bits per heavy atom. The van der Waals surface area contributed by atoms with Crippen molar-refractivity contribution in [2.75, 3.05) is 0 Å². The number of para-hydroxylation sites is 1. The summed E-state index contributed by atoms with van der Waals surface area (Å²) in [5, 5.41) is 15.2. The maximum absolute atomic E-state index is 12.0. The topological polar surface area (TPSA) is 81.9 Å². The molecule has 0 aliphatic carbocycles. The lowest BCUT2D eigenvalue weighted by Crippen LogP contribution is -2.28. The van der Waals surface area contributed by atoms with Crippen molar-refractivity contribution in [3.05, 3.63) is 71.0 Å². The van der Waals surface area contributed by atoms with Crippen molar-refractivity contribution >= 4 is 17.5 Å². The maximum Gasteiger partial charge on any atom is 0.243 e. The number of carbonyl (C=O) groups is 1. The molecule has 1 N–H and O–H groups in total. The van der Waals surface area contributed by atoms with E-state index in [-0.39, 0.29) is 19.1 Å². The molecule has 0 unspecified atom stereocenters. The number of rotatable bonds is 7. The highest BCUT2D eigenvalue weighted by Gasteiger charge is 2.09. The molecule has 3 rings (SSSR count). The summed E-state index contributed by atoms with van der Waals surface area (Å²) in [4.78, 5) is 13.2. The average Bonchev–Trinajstić information content (AvgIpc) is 3.07. The van der Waals surface area contributed by atoms with Crippen molar-refractivity contribution in [1.29, 1.82) is 0 Å². The summed E-state index contributed by atoms with van der Waals surface area (Å²) >= 11 is 6.05. The van der Waals surface area contributed by atoms with Crippen LogP contribution in [0.25, 0.3) is 0 Å². The Morgan fingerprint density at radius 2 is 1.88 bits per heavy atom. The van der Waals surface area contributed by atoms with Crippen LogP contribution in [0.3, 0.4) is 0 Å². The number of benzene rings is 2. The summed E-state index contributed by atoms with van der Waals surface area (Å²) in [5.74, 6) is 0.895. The number of ether oxygens (including phenoxy) is 1. The van der Waals surface area contributed by atoms with Crippen LogP contribution in [0.2, 0.25) is 5.02 Å². The zero-order chi connectivity index (χ0) is 17.5. The number of halogens is 1. The van der Waals surface area contributed by atoms with Gasteiger partial charge in [0.15, 0.2) is 6.61 Å². The lowest BCUT2D eigenvalue weighted by molar-refractivity contribution is -0.122. The van der Waals surface area contributed by atoms with Crippen molar-refractivity contribution in [3.8, 4) is 5.75 Å². The highest BCUT2D eigenvalue weighted by atomic mass is 35.5. The van der Waals surface area contributed by atoms with Gasteiger partial charge in [-0.05, 0) is 29.0 Å². The van der Waals surface area contributed by atoms with Gasteiger partial charge in [0, 0.05) is 11.6 Å².